The lowest BCUT2D eigenvalue weighted by atomic mass is 9.65. The minimum atomic E-state index is -0.709. The quantitative estimate of drug-likeness (QED) is 0.490. The topological polar surface area (TPSA) is 73.9 Å². The molecule has 0 saturated carbocycles. The number of rotatable bonds is 8. The Morgan fingerprint density at radius 1 is 1.18 bits per heavy atom. The number of carbonyl (C=O) groups is 2. The molecule has 0 spiro atoms. The molecule has 1 aliphatic heterocycles. The lowest BCUT2D eigenvalue weighted by molar-refractivity contribution is -0.300. The van der Waals surface area contributed by atoms with Gasteiger partial charge in [0.05, 0.1) is 24.5 Å². The van der Waals surface area contributed by atoms with E-state index < -0.39 is 5.79 Å². The molecule has 3 aliphatic rings. The summed E-state index contributed by atoms with van der Waals surface area (Å²) >= 11 is 0. The zero-order valence-electron chi connectivity index (χ0n) is 22.1. The molecule has 6 heteroatoms. The maximum atomic E-state index is 12.7. The van der Waals surface area contributed by atoms with Gasteiger partial charge in [-0.15, -0.1) is 0 Å². The average Bonchev–Trinajstić information content (AvgIpc) is 2.76. The highest BCUT2D eigenvalue weighted by Crippen LogP contribution is 2.45. The molecule has 1 saturated heterocycles. The van der Waals surface area contributed by atoms with Crippen molar-refractivity contribution in [3.8, 4) is 0 Å². The number of fused-ring (bicyclic) bond motifs is 1. The molecule has 1 heterocycles. The van der Waals surface area contributed by atoms with Crippen LogP contribution in [0.4, 0.5) is 0 Å². The fraction of sp³-hybridized carbons (Fsp3) is 0.786. The summed E-state index contributed by atoms with van der Waals surface area (Å²) in [4.78, 5) is 24.6. The Balaban J connectivity index is 1.73. The molecule has 6 nitrogen and oxygen atoms in total. The van der Waals surface area contributed by atoms with E-state index >= 15 is 0 Å². The smallest absolute Gasteiger partial charge is 0.308 e. The summed E-state index contributed by atoms with van der Waals surface area (Å²) in [5.41, 5.74) is 1.31. The van der Waals surface area contributed by atoms with Crippen LogP contribution in [0.5, 0.6) is 0 Å². The first kappa shape index (κ1) is 26.9. The minimum Gasteiger partial charge on any atom is -0.461 e. The van der Waals surface area contributed by atoms with E-state index in [1.807, 2.05) is 27.7 Å². The maximum absolute atomic E-state index is 12.7. The Morgan fingerprint density at radius 2 is 1.88 bits per heavy atom. The van der Waals surface area contributed by atoms with E-state index in [0.717, 1.165) is 25.7 Å². The number of nitrogens with one attached hydrogen (secondary N) is 1. The van der Waals surface area contributed by atoms with Crippen molar-refractivity contribution in [3.05, 3.63) is 23.8 Å². The highest BCUT2D eigenvalue weighted by Gasteiger charge is 2.43. The van der Waals surface area contributed by atoms with Crippen LogP contribution >= 0.6 is 0 Å². The van der Waals surface area contributed by atoms with Crippen molar-refractivity contribution < 1.29 is 23.8 Å². The van der Waals surface area contributed by atoms with Gasteiger partial charge in [-0.3, -0.25) is 9.59 Å². The number of carbonyl (C=O) groups excluding carboxylic acids is 2. The summed E-state index contributed by atoms with van der Waals surface area (Å²) in [6.07, 6.45) is 11.3. The van der Waals surface area contributed by atoms with E-state index in [2.05, 4.69) is 37.4 Å². The maximum Gasteiger partial charge on any atom is 0.308 e. The van der Waals surface area contributed by atoms with Gasteiger partial charge in [-0.25, -0.2) is 0 Å². The van der Waals surface area contributed by atoms with Gasteiger partial charge in [-0.1, -0.05) is 45.9 Å². The molecular formula is C28H45NO5. The predicted molar refractivity (Wildman–Crippen MR) is 133 cm³/mol. The molecule has 0 aromatic carbocycles. The van der Waals surface area contributed by atoms with E-state index in [1.54, 1.807) is 7.05 Å². The van der Waals surface area contributed by atoms with Gasteiger partial charge in [0.25, 0.3) is 0 Å². The molecule has 0 radical (unpaired) electrons. The highest BCUT2D eigenvalue weighted by atomic mass is 16.7. The lowest BCUT2D eigenvalue weighted by Gasteiger charge is -2.44. The molecule has 0 aromatic rings. The minimum absolute atomic E-state index is 0.00967. The summed E-state index contributed by atoms with van der Waals surface area (Å²) in [7, 11) is 1.66. The Hall–Kier alpha value is -1.66. The third kappa shape index (κ3) is 6.72. The normalized spacial score (nSPS) is 35.6. The van der Waals surface area contributed by atoms with E-state index in [9.17, 15) is 9.59 Å². The number of ether oxygens (including phenoxy) is 3. The van der Waals surface area contributed by atoms with Crippen LogP contribution < -0.4 is 5.32 Å². The fourth-order valence-corrected chi connectivity index (χ4v) is 5.86. The summed E-state index contributed by atoms with van der Waals surface area (Å²) in [6, 6.07) is 0. The SMILES string of the molecule is CCC(C)C(=O)OC1C[C@@H](C)C=C2C=CC(C)[C@H](CCC3CC(CC(=O)NC)OC(C)(C)O3)C21. The van der Waals surface area contributed by atoms with Crippen molar-refractivity contribution in [2.45, 2.75) is 104 Å². The molecule has 2 aliphatic carbocycles. The van der Waals surface area contributed by atoms with Crippen molar-refractivity contribution in [1.29, 1.82) is 0 Å². The van der Waals surface area contributed by atoms with Crippen LogP contribution in [0.15, 0.2) is 23.8 Å². The van der Waals surface area contributed by atoms with Crippen molar-refractivity contribution in [2.75, 3.05) is 7.05 Å². The van der Waals surface area contributed by atoms with E-state index in [0.29, 0.717) is 30.6 Å². The summed E-state index contributed by atoms with van der Waals surface area (Å²) in [5.74, 6) is 0.524. The van der Waals surface area contributed by atoms with Gasteiger partial charge < -0.3 is 19.5 Å². The lowest BCUT2D eigenvalue weighted by Crippen LogP contribution is -2.46. The zero-order valence-corrected chi connectivity index (χ0v) is 22.1. The van der Waals surface area contributed by atoms with Gasteiger partial charge in [0.2, 0.25) is 5.91 Å². The monoisotopic (exact) mass is 475 g/mol. The van der Waals surface area contributed by atoms with E-state index in [-0.39, 0.29) is 42.0 Å². The fourth-order valence-electron chi connectivity index (χ4n) is 5.86. The van der Waals surface area contributed by atoms with Gasteiger partial charge >= 0.3 is 5.97 Å². The molecule has 1 N–H and O–H groups in total. The number of hydrogen-bond donors (Lipinski definition) is 1. The van der Waals surface area contributed by atoms with E-state index in [1.165, 1.54) is 5.57 Å². The first-order valence-electron chi connectivity index (χ1n) is 13.2. The third-order valence-electron chi connectivity index (χ3n) is 7.82. The van der Waals surface area contributed by atoms with Crippen LogP contribution in [-0.4, -0.2) is 43.0 Å². The number of allylic oxidation sites excluding steroid dienone is 3. The van der Waals surface area contributed by atoms with E-state index in [4.69, 9.17) is 14.2 Å². The molecule has 0 bridgehead atoms. The van der Waals surface area contributed by atoms with Gasteiger partial charge in [-0.05, 0) is 62.9 Å². The zero-order chi connectivity index (χ0) is 25.0. The Bertz CT molecular complexity index is 788. The predicted octanol–water partition coefficient (Wildman–Crippen LogP) is 5.18. The van der Waals surface area contributed by atoms with Crippen molar-refractivity contribution >= 4 is 11.9 Å². The average molecular weight is 476 g/mol. The van der Waals surface area contributed by atoms with Crippen LogP contribution in [0.25, 0.3) is 0 Å². The molecule has 0 aromatic heterocycles. The first-order valence-corrected chi connectivity index (χ1v) is 13.2. The van der Waals surface area contributed by atoms with Gasteiger partial charge in [-0.2, -0.15) is 0 Å². The van der Waals surface area contributed by atoms with Crippen LogP contribution in [0.2, 0.25) is 0 Å². The standard InChI is InChI=1S/C28H45NO5/c1-8-18(3)27(31)32-24-14-17(2)13-20-10-9-19(4)23(26(20)24)12-11-21-15-22(16-25(30)29-7)34-28(5,6)33-21/h9-10,13,17-19,21-24,26H,8,11-12,14-16H2,1-7H3,(H,29,30)/t17-,18?,19?,21?,22?,23-,24?,26?/m0/s1. The Labute approximate surface area is 205 Å². The van der Waals surface area contributed by atoms with Gasteiger partial charge in [0.1, 0.15) is 6.10 Å². The molecule has 34 heavy (non-hydrogen) atoms. The largest absolute Gasteiger partial charge is 0.461 e. The van der Waals surface area contributed by atoms with Crippen LogP contribution in [0.3, 0.4) is 0 Å². The van der Waals surface area contributed by atoms with Crippen LogP contribution in [0, 0.1) is 29.6 Å². The van der Waals surface area contributed by atoms with Crippen LogP contribution in [0.1, 0.15) is 80.1 Å². The second kappa shape index (κ2) is 11.4. The first-order chi connectivity index (χ1) is 16.0. The van der Waals surface area contributed by atoms with Crippen molar-refractivity contribution in [1.82, 2.24) is 5.32 Å². The van der Waals surface area contributed by atoms with Gasteiger partial charge in [0, 0.05) is 19.4 Å². The molecule has 1 fully saturated rings. The molecule has 8 atom stereocenters. The molecular weight excluding hydrogens is 430 g/mol. The Kier molecular flexibility index (Phi) is 9.02. The van der Waals surface area contributed by atoms with Crippen molar-refractivity contribution in [3.63, 3.8) is 0 Å². The molecule has 192 valence electrons. The van der Waals surface area contributed by atoms with Crippen LogP contribution in [-0.2, 0) is 23.8 Å². The number of hydrogen-bond acceptors (Lipinski definition) is 5. The molecule has 3 rings (SSSR count). The molecule has 1 amide bonds. The Morgan fingerprint density at radius 3 is 2.56 bits per heavy atom. The third-order valence-corrected chi connectivity index (χ3v) is 7.82. The highest BCUT2D eigenvalue weighted by molar-refractivity contribution is 5.76. The summed E-state index contributed by atoms with van der Waals surface area (Å²) < 4.78 is 18.4. The number of amides is 1. The summed E-state index contributed by atoms with van der Waals surface area (Å²) in [6.45, 7) is 12.3. The number of esters is 1. The van der Waals surface area contributed by atoms with Gasteiger partial charge in [0.15, 0.2) is 5.79 Å². The molecule has 6 unspecified atom stereocenters. The summed E-state index contributed by atoms with van der Waals surface area (Å²) in [5, 5.41) is 2.70. The second-order valence-electron chi connectivity index (χ2n) is 11.1. The van der Waals surface area contributed by atoms with Crippen molar-refractivity contribution in [2.24, 2.45) is 29.6 Å². The second-order valence-corrected chi connectivity index (χ2v) is 11.1.